The molecule has 0 spiro atoms. The summed E-state index contributed by atoms with van der Waals surface area (Å²) in [6.07, 6.45) is 0. The Morgan fingerprint density at radius 1 is 1.27 bits per heavy atom. The first-order chi connectivity index (χ1) is 14.4. The minimum absolute atomic E-state index is 0.0841. The van der Waals surface area contributed by atoms with Crippen LogP contribution in [-0.2, 0) is 6.54 Å². The first-order valence-corrected chi connectivity index (χ1v) is 10.6. The quantitative estimate of drug-likeness (QED) is 0.714. The van der Waals surface area contributed by atoms with E-state index in [1.165, 1.54) is 6.07 Å². The summed E-state index contributed by atoms with van der Waals surface area (Å²) in [7, 11) is 0. The van der Waals surface area contributed by atoms with E-state index in [4.69, 9.17) is 16.3 Å². The topological polar surface area (TPSA) is 35.9 Å². The molecule has 0 radical (unpaired) electrons. The lowest BCUT2D eigenvalue weighted by atomic mass is 9.95. The van der Waals surface area contributed by atoms with Gasteiger partial charge in [-0.2, -0.15) is 0 Å². The van der Waals surface area contributed by atoms with Gasteiger partial charge < -0.3 is 9.84 Å². The molecule has 1 fully saturated rings. The minimum Gasteiger partial charge on any atom is -0.507 e. The second kappa shape index (κ2) is 8.47. The average Bonchev–Trinajstić information content (AvgIpc) is 2.88. The first-order valence-electron chi connectivity index (χ1n) is 10.3. The smallest absolute Gasteiger partial charge is 0.174 e. The van der Waals surface area contributed by atoms with E-state index in [9.17, 15) is 5.11 Å². The Labute approximate surface area is 182 Å². The van der Waals surface area contributed by atoms with Gasteiger partial charge in [-0.05, 0) is 39.0 Å². The fourth-order valence-corrected chi connectivity index (χ4v) is 4.61. The van der Waals surface area contributed by atoms with Crippen molar-refractivity contribution >= 4 is 11.6 Å². The molecule has 158 valence electrons. The summed E-state index contributed by atoms with van der Waals surface area (Å²) in [5.74, 6) is 5.48. The summed E-state index contributed by atoms with van der Waals surface area (Å²) in [5, 5.41) is 10.7. The second-order valence-corrected chi connectivity index (χ2v) is 8.54. The molecule has 4 rings (SSSR count). The highest BCUT2D eigenvalue weighted by Gasteiger charge is 2.34. The van der Waals surface area contributed by atoms with Crippen LogP contribution < -0.4 is 4.74 Å². The number of fused-ring (bicyclic) bond motifs is 2. The fourth-order valence-electron chi connectivity index (χ4n) is 4.35. The van der Waals surface area contributed by atoms with Gasteiger partial charge in [0.05, 0.1) is 11.1 Å². The molecule has 1 saturated heterocycles. The number of piperazine rings is 1. The van der Waals surface area contributed by atoms with Gasteiger partial charge in [0.15, 0.2) is 11.6 Å². The number of benzene rings is 2. The van der Waals surface area contributed by atoms with Crippen molar-refractivity contribution in [1.82, 2.24) is 9.80 Å². The molecule has 0 bridgehead atoms. The van der Waals surface area contributed by atoms with E-state index in [-0.39, 0.29) is 33.7 Å². The molecule has 1 N–H and O–H groups in total. The number of hydrogen-bond donors (Lipinski definition) is 1. The van der Waals surface area contributed by atoms with Gasteiger partial charge in [-0.3, -0.25) is 9.80 Å². The van der Waals surface area contributed by atoms with Crippen molar-refractivity contribution < 1.29 is 14.2 Å². The van der Waals surface area contributed by atoms with E-state index in [0.717, 1.165) is 25.2 Å². The maximum absolute atomic E-state index is 15.9. The van der Waals surface area contributed by atoms with Gasteiger partial charge in [0.2, 0.25) is 0 Å². The van der Waals surface area contributed by atoms with Crippen LogP contribution in [0.25, 0.3) is 11.1 Å². The molecule has 6 heteroatoms. The molecule has 1 unspecified atom stereocenters. The van der Waals surface area contributed by atoms with E-state index >= 15 is 4.39 Å². The summed E-state index contributed by atoms with van der Waals surface area (Å²) >= 11 is 6.34. The van der Waals surface area contributed by atoms with E-state index < -0.39 is 5.82 Å². The number of hydrogen-bond acceptors (Lipinski definition) is 4. The van der Waals surface area contributed by atoms with E-state index in [1.54, 1.807) is 19.1 Å². The maximum Gasteiger partial charge on any atom is 0.174 e. The number of rotatable bonds is 2. The SMILES string of the molecule is CC#Cc1cc2c(c(F)c1-c1c(O)cccc1Cl)OCC1CN(C(C)C)CCN1C2. The van der Waals surface area contributed by atoms with Crippen molar-refractivity contribution in [2.24, 2.45) is 0 Å². The van der Waals surface area contributed by atoms with Crippen molar-refractivity contribution in [3.8, 4) is 34.5 Å². The Kier molecular flexibility index (Phi) is 5.92. The van der Waals surface area contributed by atoms with Crippen LogP contribution in [-0.4, -0.2) is 53.2 Å². The Morgan fingerprint density at radius 2 is 2.07 bits per heavy atom. The molecule has 0 amide bonds. The molecule has 0 aliphatic carbocycles. The third kappa shape index (κ3) is 3.76. The molecule has 4 nitrogen and oxygen atoms in total. The van der Waals surface area contributed by atoms with E-state index in [0.29, 0.717) is 24.8 Å². The zero-order valence-electron chi connectivity index (χ0n) is 17.5. The molecule has 0 saturated carbocycles. The van der Waals surface area contributed by atoms with Gasteiger partial charge in [-0.15, -0.1) is 5.92 Å². The maximum atomic E-state index is 15.9. The highest BCUT2D eigenvalue weighted by molar-refractivity contribution is 6.33. The van der Waals surface area contributed by atoms with E-state index in [1.807, 2.05) is 6.07 Å². The Bertz CT molecular complexity index is 1010. The molecular weight excluding hydrogens is 403 g/mol. The van der Waals surface area contributed by atoms with Crippen LogP contribution in [0.2, 0.25) is 5.02 Å². The molecule has 2 aliphatic rings. The number of aromatic hydroxyl groups is 1. The summed E-state index contributed by atoms with van der Waals surface area (Å²) in [6.45, 7) is 9.91. The predicted octanol–water partition coefficient (Wildman–Crippen LogP) is 4.51. The van der Waals surface area contributed by atoms with Crippen LogP contribution in [0.15, 0.2) is 24.3 Å². The fraction of sp³-hybridized carbons (Fsp3) is 0.417. The minimum atomic E-state index is -0.519. The number of phenols is 1. The average molecular weight is 429 g/mol. The largest absolute Gasteiger partial charge is 0.507 e. The molecule has 30 heavy (non-hydrogen) atoms. The summed E-state index contributed by atoms with van der Waals surface area (Å²) < 4.78 is 21.9. The number of halogens is 2. The van der Waals surface area contributed by atoms with Gasteiger partial charge in [0.25, 0.3) is 0 Å². The van der Waals surface area contributed by atoms with Crippen molar-refractivity contribution in [2.45, 2.75) is 39.4 Å². The van der Waals surface area contributed by atoms with Gasteiger partial charge in [-0.1, -0.05) is 23.6 Å². The highest BCUT2D eigenvalue weighted by Crippen LogP contribution is 2.43. The predicted molar refractivity (Wildman–Crippen MR) is 117 cm³/mol. The number of ether oxygens (including phenoxy) is 1. The molecule has 2 aliphatic heterocycles. The Balaban J connectivity index is 1.80. The Hall–Kier alpha value is -2.26. The van der Waals surface area contributed by atoms with Crippen LogP contribution in [0.5, 0.6) is 11.5 Å². The lowest BCUT2D eigenvalue weighted by Gasteiger charge is -2.41. The second-order valence-electron chi connectivity index (χ2n) is 8.13. The van der Waals surface area contributed by atoms with Gasteiger partial charge in [-0.25, -0.2) is 4.39 Å². The monoisotopic (exact) mass is 428 g/mol. The molecule has 0 aromatic heterocycles. The zero-order valence-corrected chi connectivity index (χ0v) is 18.3. The summed E-state index contributed by atoms with van der Waals surface area (Å²) in [5.41, 5.74) is 1.71. The van der Waals surface area contributed by atoms with Crippen LogP contribution in [0, 0.1) is 17.7 Å². The normalized spacial score (nSPS) is 19.3. The van der Waals surface area contributed by atoms with Crippen LogP contribution >= 0.6 is 11.6 Å². The first kappa shape index (κ1) is 21.0. The lowest BCUT2D eigenvalue weighted by Crippen LogP contribution is -2.55. The van der Waals surface area contributed by atoms with Crippen molar-refractivity contribution in [3.05, 3.63) is 46.2 Å². The van der Waals surface area contributed by atoms with Gasteiger partial charge in [0.1, 0.15) is 12.4 Å². The Morgan fingerprint density at radius 3 is 2.77 bits per heavy atom. The van der Waals surface area contributed by atoms with E-state index in [2.05, 4.69) is 35.5 Å². The van der Waals surface area contributed by atoms with Gasteiger partial charge in [0, 0.05) is 54.5 Å². The van der Waals surface area contributed by atoms with Crippen LogP contribution in [0.3, 0.4) is 0 Å². The third-order valence-corrected chi connectivity index (χ3v) is 6.27. The summed E-state index contributed by atoms with van der Waals surface area (Å²) in [4.78, 5) is 4.79. The third-order valence-electron chi connectivity index (χ3n) is 5.96. The molecule has 2 aromatic rings. The lowest BCUT2D eigenvalue weighted by molar-refractivity contribution is 0.0358. The number of nitrogens with zero attached hydrogens (tertiary/aromatic N) is 2. The molecule has 2 aromatic carbocycles. The summed E-state index contributed by atoms with van der Waals surface area (Å²) in [6, 6.07) is 7.30. The highest BCUT2D eigenvalue weighted by atomic mass is 35.5. The van der Waals surface area contributed by atoms with Gasteiger partial charge >= 0.3 is 0 Å². The zero-order chi connectivity index (χ0) is 21.4. The molecule has 1 atom stereocenters. The van der Waals surface area contributed by atoms with Crippen molar-refractivity contribution in [3.63, 3.8) is 0 Å². The molecular formula is C24H26ClFN2O2. The van der Waals surface area contributed by atoms with Crippen LogP contribution in [0.1, 0.15) is 31.9 Å². The van der Waals surface area contributed by atoms with Crippen molar-refractivity contribution in [1.29, 1.82) is 0 Å². The standard InChI is InChI=1S/C24H26ClFN2O2/c1-4-6-16-11-17-12-28-10-9-27(15(2)3)13-18(28)14-30-24(17)23(26)21(16)22-19(25)7-5-8-20(22)29/h5,7-8,11,15,18,29H,9-10,12-14H2,1-3H3. The van der Waals surface area contributed by atoms with Crippen LogP contribution in [0.4, 0.5) is 4.39 Å². The number of phenolic OH excluding ortho intramolecular Hbond substituents is 1. The van der Waals surface area contributed by atoms with Crippen molar-refractivity contribution in [2.75, 3.05) is 26.2 Å². The molecule has 2 heterocycles.